The van der Waals surface area contributed by atoms with E-state index < -0.39 is 11.9 Å². The normalized spacial score (nSPS) is 17.8. The maximum Gasteiger partial charge on any atom is 0.356 e. The van der Waals surface area contributed by atoms with E-state index >= 15 is 0 Å². The second kappa shape index (κ2) is 5.51. The first-order chi connectivity index (χ1) is 9.17. The largest absolute Gasteiger partial charge is 0.461 e. The van der Waals surface area contributed by atoms with Crippen LogP contribution in [0.4, 0.5) is 5.69 Å². The topological polar surface area (TPSA) is 88.0 Å². The average molecular weight is 262 g/mol. The number of esters is 1. The number of oxime groups is 1. The van der Waals surface area contributed by atoms with Crippen LogP contribution in [0.2, 0.25) is 0 Å². The summed E-state index contributed by atoms with van der Waals surface area (Å²) in [5.41, 5.74) is 1.36. The Hall–Kier alpha value is -2.37. The third kappa shape index (κ3) is 2.57. The molecule has 6 nitrogen and oxygen atoms in total. The van der Waals surface area contributed by atoms with E-state index in [1.54, 1.807) is 19.1 Å². The minimum absolute atomic E-state index is 0.0121. The zero-order valence-corrected chi connectivity index (χ0v) is 10.4. The number of ether oxygens (including phenoxy) is 1. The van der Waals surface area contributed by atoms with E-state index in [1.165, 1.54) is 0 Å². The highest BCUT2D eigenvalue weighted by molar-refractivity contribution is 6.37. The number of hydrogen-bond donors (Lipinski definition) is 2. The minimum atomic E-state index is -0.706. The van der Waals surface area contributed by atoms with Crippen LogP contribution < -0.4 is 5.32 Å². The number of nitrogens with zero attached hydrogens (tertiary/aromatic N) is 1. The van der Waals surface area contributed by atoms with Gasteiger partial charge in [-0.2, -0.15) is 0 Å². The molecule has 100 valence electrons. The summed E-state index contributed by atoms with van der Waals surface area (Å²) in [4.78, 5) is 23.4. The van der Waals surface area contributed by atoms with Crippen molar-refractivity contribution in [1.82, 2.24) is 0 Å². The molecule has 1 heterocycles. The second-order valence-electron chi connectivity index (χ2n) is 4.10. The van der Waals surface area contributed by atoms with Gasteiger partial charge in [0.2, 0.25) is 5.91 Å². The second-order valence-corrected chi connectivity index (χ2v) is 4.10. The van der Waals surface area contributed by atoms with Crippen LogP contribution in [-0.2, 0) is 14.3 Å². The van der Waals surface area contributed by atoms with Crippen molar-refractivity contribution < 1.29 is 19.5 Å². The monoisotopic (exact) mass is 262 g/mol. The standard InChI is InChI=1S/C13H14N2O4/c1-2-19-13(17)11(15-18)7-9-8-5-3-4-6-10(8)14-12(9)16/h3-6,9,18H,2,7H2,1H3,(H,14,16)/b15-11+/t9-/m1/s1. The van der Waals surface area contributed by atoms with Crippen molar-refractivity contribution in [2.75, 3.05) is 11.9 Å². The number of benzene rings is 1. The number of para-hydroxylation sites is 1. The van der Waals surface area contributed by atoms with E-state index in [2.05, 4.69) is 10.5 Å². The van der Waals surface area contributed by atoms with Crippen LogP contribution in [0.25, 0.3) is 0 Å². The quantitative estimate of drug-likeness (QED) is 0.372. The predicted molar refractivity (Wildman–Crippen MR) is 68.3 cm³/mol. The number of carbonyl (C=O) groups is 2. The number of nitrogens with one attached hydrogen (secondary N) is 1. The maximum absolute atomic E-state index is 11.9. The molecule has 1 atom stereocenters. The van der Waals surface area contributed by atoms with Crippen LogP contribution in [-0.4, -0.2) is 29.4 Å². The fraction of sp³-hybridized carbons (Fsp3) is 0.308. The molecule has 0 spiro atoms. The van der Waals surface area contributed by atoms with Gasteiger partial charge >= 0.3 is 5.97 Å². The van der Waals surface area contributed by atoms with Crippen molar-refractivity contribution in [3.8, 4) is 0 Å². The molecular weight excluding hydrogens is 248 g/mol. The summed E-state index contributed by atoms with van der Waals surface area (Å²) in [6.07, 6.45) is 0.0121. The molecule has 1 aromatic carbocycles. The summed E-state index contributed by atoms with van der Waals surface area (Å²) < 4.78 is 4.77. The van der Waals surface area contributed by atoms with Crippen LogP contribution in [0.3, 0.4) is 0 Å². The molecule has 0 saturated carbocycles. The van der Waals surface area contributed by atoms with E-state index in [4.69, 9.17) is 9.94 Å². The first-order valence-corrected chi connectivity index (χ1v) is 5.95. The van der Waals surface area contributed by atoms with Gasteiger partial charge in [0.05, 0.1) is 12.5 Å². The fourth-order valence-electron chi connectivity index (χ4n) is 2.05. The van der Waals surface area contributed by atoms with Gasteiger partial charge in [-0.15, -0.1) is 0 Å². The molecule has 0 radical (unpaired) electrons. The van der Waals surface area contributed by atoms with E-state index in [0.717, 1.165) is 11.3 Å². The zero-order chi connectivity index (χ0) is 13.8. The van der Waals surface area contributed by atoms with Crippen molar-refractivity contribution in [2.45, 2.75) is 19.3 Å². The number of hydrogen-bond acceptors (Lipinski definition) is 5. The van der Waals surface area contributed by atoms with Crippen LogP contribution in [0.15, 0.2) is 29.4 Å². The molecule has 0 aromatic heterocycles. The molecule has 0 fully saturated rings. The minimum Gasteiger partial charge on any atom is -0.461 e. The molecule has 0 bridgehead atoms. The Kier molecular flexibility index (Phi) is 3.79. The summed E-state index contributed by atoms with van der Waals surface area (Å²) in [6.45, 7) is 1.84. The Balaban J connectivity index is 2.19. The van der Waals surface area contributed by atoms with Crippen LogP contribution in [0.5, 0.6) is 0 Å². The fourth-order valence-corrected chi connectivity index (χ4v) is 2.05. The lowest BCUT2D eigenvalue weighted by atomic mass is 9.95. The van der Waals surface area contributed by atoms with Crippen LogP contribution in [0, 0.1) is 0 Å². The third-order valence-corrected chi connectivity index (χ3v) is 2.94. The van der Waals surface area contributed by atoms with Crippen LogP contribution in [0.1, 0.15) is 24.8 Å². The summed E-state index contributed by atoms with van der Waals surface area (Å²) >= 11 is 0. The Morgan fingerprint density at radius 3 is 2.89 bits per heavy atom. The lowest BCUT2D eigenvalue weighted by Crippen LogP contribution is -2.23. The molecule has 0 unspecified atom stereocenters. The summed E-state index contributed by atoms with van der Waals surface area (Å²) in [5.74, 6) is -1.46. The van der Waals surface area contributed by atoms with Gasteiger partial charge in [-0.3, -0.25) is 4.79 Å². The molecular formula is C13H14N2O4. The zero-order valence-electron chi connectivity index (χ0n) is 10.4. The Morgan fingerprint density at radius 1 is 1.47 bits per heavy atom. The molecule has 1 aromatic rings. The molecule has 1 aliphatic rings. The summed E-state index contributed by atoms with van der Waals surface area (Å²) in [7, 11) is 0. The predicted octanol–water partition coefficient (Wildman–Crippen LogP) is 1.51. The van der Waals surface area contributed by atoms with Crippen molar-refractivity contribution in [1.29, 1.82) is 0 Å². The molecule has 1 aliphatic heterocycles. The van der Waals surface area contributed by atoms with Crippen LogP contribution >= 0.6 is 0 Å². The van der Waals surface area contributed by atoms with E-state index in [9.17, 15) is 9.59 Å². The molecule has 19 heavy (non-hydrogen) atoms. The van der Waals surface area contributed by atoms with E-state index in [1.807, 2.05) is 12.1 Å². The highest BCUT2D eigenvalue weighted by Gasteiger charge is 2.33. The smallest absolute Gasteiger partial charge is 0.356 e. The van der Waals surface area contributed by atoms with E-state index in [0.29, 0.717) is 0 Å². The molecule has 2 rings (SSSR count). The van der Waals surface area contributed by atoms with Gasteiger partial charge in [0.25, 0.3) is 0 Å². The van der Waals surface area contributed by atoms with Gasteiger partial charge in [0, 0.05) is 12.1 Å². The highest BCUT2D eigenvalue weighted by Crippen LogP contribution is 2.34. The maximum atomic E-state index is 11.9. The average Bonchev–Trinajstić information content (AvgIpc) is 2.72. The van der Waals surface area contributed by atoms with Gasteiger partial charge in [-0.1, -0.05) is 23.4 Å². The molecule has 1 amide bonds. The molecule has 2 N–H and O–H groups in total. The van der Waals surface area contributed by atoms with Gasteiger partial charge < -0.3 is 15.3 Å². The number of fused-ring (bicyclic) bond motifs is 1. The molecule has 0 aliphatic carbocycles. The summed E-state index contributed by atoms with van der Waals surface area (Å²) in [5, 5.41) is 14.5. The lowest BCUT2D eigenvalue weighted by Gasteiger charge is -2.09. The third-order valence-electron chi connectivity index (χ3n) is 2.94. The van der Waals surface area contributed by atoms with Crippen molar-refractivity contribution in [3.63, 3.8) is 0 Å². The lowest BCUT2D eigenvalue weighted by molar-refractivity contribution is -0.135. The highest BCUT2D eigenvalue weighted by atomic mass is 16.5. The van der Waals surface area contributed by atoms with Gasteiger partial charge in [-0.25, -0.2) is 4.79 Å². The number of anilines is 1. The van der Waals surface area contributed by atoms with Gasteiger partial charge in [0.1, 0.15) is 0 Å². The number of carbonyl (C=O) groups excluding carboxylic acids is 2. The van der Waals surface area contributed by atoms with Gasteiger partial charge in [0.15, 0.2) is 5.71 Å². The summed E-state index contributed by atoms with van der Waals surface area (Å²) in [6, 6.07) is 7.21. The van der Waals surface area contributed by atoms with Crippen molar-refractivity contribution in [2.24, 2.45) is 5.16 Å². The SMILES string of the molecule is CCOC(=O)/C(C[C@H]1C(=O)Nc2ccccc21)=N/O. The Labute approximate surface area is 110 Å². The first kappa shape index (κ1) is 13.1. The first-order valence-electron chi connectivity index (χ1n) is 5.95. The number of rotatable bonds is 4. The van der Waals surface area contributed by atoms with Gasteiger partial charge in [-0.05, 0) is 18.6 Å². The Morgan fingerprint density at radius 2 is 2.21 bits per heavy atom. The number of amides is 1. The van der Waals surface area contributed by atoms with Crippen molar-refractivity contribution in [3.05, 3.63) is 29.8 Å². The Bertz CT molecular complexity index is 539. The molecule has 6 heteroatoms. The van der Waals surface area contributed by atoms with Crippen molar-refractivity contribution >= 4 is 23.3 Å². The molecule has 0 saturated heterocycles. The van der Waals surface area contributed by atoms with E-state index in [-0.39, 0.29) is 24.6 Å².